The summed E-state index contributed by atoms with van der Waals surface area (Å²) < 4.78 is 0. The van der Waals surface area contributed by atoms with E-state index in [2.05, 4.69) is 236 Å². The maximum absolute atomic E-state index is 5.04. The largest absolute Gasteiger partial charge is 0.311 e. The Morgan fingerprint density at radius 3 is 1.63 bits per heavy atom. The van der Waals surface area contributed by atoms with Crippen LogP contribution in [0.3, 0.4) is 0 Å². The van der Waals surface area contributed by atoms with Crippen LogP contribution in [0.1, 0.15) is 5.56 Å². The van der Waals surface area contributed by atoms with Crippen molar-refractivity contribution in [3.8, 4) is 22.3 Å². The maximum Gasteiger partial charge on any atom is 0.141 e. The van der Waals surface area contributed by atoms with Gasteiger partial charge in [-0.3, -0.25) is 0 Å². The van der Waals surface area contributed by atoms with Crippen LogP contribution in [-0.2, 0) is 0 Å². The summed E-state index contributed by atoms with van der Waals surface area (Å²) in [5.41, 5.74) is 14.2. The number of fused-ring (bicyclic) bond motifs is 7. The fraction of sp³-hybridized carbons (Fsp3) is 0.0175. The molecule has 62 heavy (non-hydrogen) atoms. The molecule has 0 bridgehead atoms. The number of nitrogens with zero attached hydrogens (tertiary/aromatic N) is 1. The van der Waals surface area contributed by atoms with Gasteiger partial charge >= 0.3 is 0 Å². The molecule has 0 spiro atoms. The molecule has 0 aromatic heterocycles. The van der Waals surface area contributed by atoms with Crippen molar-refractivity contribution in [1.82, 2.24) is 0 Å². The summed E-state index contributed by atoms with van der Waals surface area (Å²) in [6.45, 7) is 5.04. The minimum Gasteiger partial charge on any atom is -0.311 e. The molecule has 290 valence electrons. The highest BCUT2D eigenvalue weighted by atomic mass is 15.1. The molecule has 0 aliphatic rings. The smallest absolute Gasteiger partial charge is 0.141 e. The number of benzene rings is 10. The second-order valence-corrected chi connectivity index (χ2v) is 16.5. The van der Waals surface area contributed by atoms with Gasteiger partial charge in [-0.15, -0.1) is 5.47 Å². The first-order valence-electron chi connectivity index (χ1n) is 21.8. The van der Waals surface area contributed by atoms with Gasteiger partial charge in [0.25, 0.3) is 0 Å². The Balaban J connectivity index is 1.22. The molecule has 0 aliphatic carbocycles. The van der Waals surface area contributed by atoms with Gasteiger partial charge in [0.05, 0.1) is 5.69 Å². The molecule has 0 N–H and O–H groups in total. The van der Waals surface area contributed by atoms with Crippen molar-refractivity contribution >= 4 is 102 Å². The highest BCUT2D eigenvalue weighted by Crippen LogP contribution is 2.47. The molecule has 0 saturated carbocycles. The molecule has 0 radical (unpaired) electrons. The molecule has 0 unspecified atom stereocenters. The van der Waals surface area contributed by atoms with Crippen molar-refractivity contribution in [2.24, 2.45) is 0 Å². The molecule has 0 saturated heterocycles. The van der Waals surface area contributed by atoms with E-state index in [1.165, 1.54) is 98.2 Å². The number of allylic oxidation sites excluding steroid dienone is 4. The quantitative estimate of drug-likeness (QED) is 0.0800. The zero-order valence-electron chi connectivity index (χ0n) is 35.9. The SMILES string of the molecule is BC/C(B)=C(\C(B)=C(\B)C(=C)N(c1ccc(-c2cccc3ccccc23)cc1)c1cc2ccccc2c2ccccc12)c1c(-c2ccccc2)c2ccccc2c2ccccc12. The Morgan fingerprint density at radius 1 is 0.435 bits per heavy atom. The third kappa shape index (κ3) is 6.66. The highest BCUT2D eigenvalue weighted by Gasteiger charge is 2.25. The Labute approximate surface area is 368 Å². The summed E-state index contributed by atoms with van der Waals surface area (Å²) in [7, 11) is 9.18. The minimum absolute atomic E-state index is 0.913. The first-order chi connectivity index (χ1) is 30.4. The van der Waals surface area contributed by atoms with Crippen molar-refractivity contribution in [3.63, 3.8) is 0 Å². The molecule has 0 atom stereocenters. The Bertz CT molecular complexity index is 3430. The summed E-state index contributed by atoms with van der Waals surface area (Å²) >= 11 is 0. The highest BCUT2D eigenvalue weighted by molar-refractivity contribution is 6.44. The Kier molecular flexibility index (Phi) is 10.3. The normalized spacial score (nSPS) is 12.5. The van der Waals surface area contributed by atoms with Gasteiger partial charge in [0.1, 0.15) is 31.4 Å². The van der Waals surface area contributed by atoms with Crippen molar-refractivity contribution in [1.29, 1.82) is 0 Å². The average molecular weight is 787 g/mol. The summed E-state index contributed by atoms with van der Waals surface area (Å²) in [5, 5.41) is 12.4. The molecular weight excluding hydrogens is 742 g/mol. The van der Waals surface area contributed by atoms with Gasteiger partial charge in [0, 0.05) is 16.8 Å². The minimum atomic E-state index is 0.913. The average Bonchev–Trinajstić information content (AvgIpc) is 3.34. The van der Waals surface area contributed by atoms with E-state index in [-0.39, 0.29) is 0 Å². The van der Waals surface area contributed by atoms with Crippen molar-refractivity contribution in [2.75, 3.05) is 4.90 Å². The maximum atomic E-state index is 5.04. The molecule has 0 fully saturated rings. The van der Waals surface area contributed by atoms with E-state index in [0.29, 0.717) is 0 Å². The standard InChI is InChI=1S/C57H45B4N/c1-36(56(60)57(61)55(51(59)35-58)54-50-28-14-11-25-47(50)46-24-10-13-27-49(46)53(54)39-17-3-2-4-18-39)62(52-34-40-19-6-8-22-44(40)45-23-9-12-26-48(45)52)41-32-30-38(31-33-41)43-29-15-20-37-16-5-7-21-42(37)43/h2-34H,1,35,58-61H2/b55-51+,57-56-. The first-order valence-corrected chi connectivity index (χ1v) is 21.8. The molecule has 10 aromatic carbocycles. The van der Waals surface area contributed by atoms with Gasteiger partial charge in [0.15, 0.2) is 0 Å². The van der Waals surface area contributed by atoms with Crippen molar-refractivity contribution < 1.29 is 0 Å². The lowest BCUT2D eigenvalue weighted by Crippen LogP contribution is -2.19. The first kappa shape index (κ1) is 38.9. The Hall–Kier alpha value is -7.22. The fourth-order valence-electron chi connectivity index (χ4n) is 9.70. The van der Waals surface area contributed by atoms with Crippen LogP contribution in [0.4, 0.5) is 11.4 Å². The third-order valence-electron chi connectivity index (χ3n) is 13.1. The molecule has 5 heteroatoms. The zero-order valence-corrected chi connectivity index (χ0v) is 35.9. The summed E-state index contributed by atoms with van der Waals surface area (Å²) in [6.07, 6.45) is 0.913. The van der Waals surface area contributed by atoms with Gasteiger partial charge < -0.3 is 4.90 Å². The van der Waals surface area contributed by atoms with Gasteiger partial charge in [-0.1, -0.05) is 206 Å². The van der Waals surface area contributed by atoms with E-state index in [1.807, 2.05) is 0 Å². The van der Waals surface area contributed by atoms with E-state index >= 15 is 0 Å². The van der Waals surface area contributed by atoms with Crippen LogP contribution in [0.15, 0.2) is 229 Å². The molecule has 0 aliphatic heterocycles. The van der Waals surface area contributed by atoms with E-state index in [1.54, 1.807) is 0 Å². The van der Waals surface area contributed by atoms with E-state index in [4.69, 9.17) is 6.58 Å². The predicted molar refractivity (Wildman–Crippen MR) is 282 cm³/mol. The van der Waals surface area contributed by atoms with Gasteiger partial charge in [-0.25, -0.2) is 0 Å². The van der Waals surface area contributed by atoms with Crippen LogP contribution in [0.2, 0.25) is 6.32 Å². The number of hydrogen-bond acceptors (Lipinski definition) is 1. The monoisotopic (exact) mass is 787 g/mol. The molecule has 10 aromatic rings. The lowest BCUT2D eigenvalue weighted by molar-refractivity contribution is 1.22. The lowest BCUT2D eigenvalue weighted by Gasteiger charge is -2.32. The van der Waals surface area contributed by atoms with Crippen LogP contribution in [0.25, 0.3) is 81.7 Å². The van der Waals surface area contributed by atoms with Gasteiger partial charge in [0.2, 0.25) is 0 Å². The topological polar surface area (TPSA) is 3.24 Å². The third-order valence-corrected chi connectivity index (χ3v) is 13.1. The van der Waals surface area contributed by atoms with E-state index < -0.39 is 0 Å². The summed E-state index contributed by atoms with van der Waals surface area (Å²) in [4.78, 5) is 2.40. The van der Waals surface area contributed by atoms with Crippen LogP contribution >= 0.6 is 0 Å². The van der Waals surface area contributed by atoms with E-state index in [9.17, 15) is 0 Å². The molecule has 0 amide bonds. The molecule has 10 rings (SSSR count). The van der Waals surface area contributed by atoms with Crippen LogP contribution in [-0.4, -0.2) is 31.4 Å². The predicted octanol–water partition coefficient (Wildman–Crippen LogP) is 12.0. The number of rotatable bonds is 9. The van der Waals surface area contributed by atoms with Crippen molar-refractivity contribution in [2.45, 2.75) is 6.32 Å². The summed E-state index contributed by atoms with van der Waals surface area (Å²) in [6, 6.07) is 73.0. The fourth-order valence-corrected chi connectivity index (χ4v) is 9.70. The molecule has 1 nitrogen and oxygen atoms in total. The van der Waals surface area contributed by atoms with Gasteiger partial charge in [-0.2, -0.15) is 0 Å². The number of anilines is 2. The van der Waals surface area contributed by atoms with Crippen LogP contribution < -0.4 is 4.90 Å². The zero-order chi connectivity index (χ0) is 42.3. The number of hydrogen-bond donors (Lipinski definition) is 0. The van der Waals surface area contributed by atoms with Gasteiger partial charge in [-0.05, 0) is 100 Å². The second-order valence-electron chi connectivity index (χ2n) is 16.5. The molecular formula is C57H45B4N. The molecule has 0 heterocycles. The second kappa shape index (κ2) is 16.3. The van der Waals surface area contributed by atoms with Crippen LogP contribution in [0, 0.1) is 0 Å². The summed E-state index contributed by atoms with van der Waals surface area (Å²) in [5.74, 6) is 0. The lowest BCUT2D eigenvalue weighted by atomic mass is 9.65. The van der Waals surface area contributed by atoms with Crippen molar-refractivity contribution in [3.05, 3.63) is 234 Å². The van der Waals surface area contributed by atoms with Crippen LogP contribution in [0.5, 0.6) is 0 Å². The Morgan fingerprint density at radius 2 is 0.952 bits per heavy atom. The van der Waals surface area contributed by atoms with E-state index in [0.717, 1.165) is 28.9 Å².